The summed E-state index contributed by atoms with van der Waals surface area (Å²) in [6, 6.07) is 23.4. The Morgan fingerprint density at radius 1 is 0.909 bits per heavy atom. The standard InChI is InChI=1S/C26H25NO5S/c28-25(22-10-13-24(14-11-22)33(29,30)27-16-18-31-19-17-27)15-12-23-8-4-5-9-26(23)32-20-21-6-2-1-3-7-21/h1-15H,16-20H2/b15-12+. The molecule has 0 aliphatic carbocycles. The van der Waals surface area contributed by atoms with Gasteiger partial charge in [-0.2, -0.15) is 4.31 Å². The maximum atomic E-state index is 12.7. The summed E-state index contributed by atoms with van der Waals surface area (Å²) < 4.78 is 38.0. The maximum absolute atomic E-state index is 12.7. The molecule has 0 spiro atoms. The molecule has 7 heteroatoms. The van der Waals surface area contributed by atoms with Crippen molar-refractivity contribution in [2.45, 2.75) is 11.5 Å². The number of carbonyl (C=O) groups excluding carboxylic acids is 1. The van der Waals surface area contributed by atoms with Gasteiger partial charge in [0.15, 0.2) is 5.78 Å². The van der Waals surface area contributed by atoms with Gasteiger partial charge in [0, 0.05) is 24.2 Å². The number of ether oxygens (including phenoxy) is 2. The highest BCUT2D eigenvalue weighted by atomic mass is 32.2. The predicted molar refractivity (Wildman–Crippen MR) is 127 cm³/mol. The van der Waals surface area contributed by atoms with Gasteiger partial charge < -0.3 is 9.47 Å². The molecule has 0 aromatic heterocycles. The van der Waals surface area contributed by atoms with Gasteiger partial charge in [0.25, 0.3) is 0 Å². The number of benzene rings is 3. The highest BCUT2D eigenvalue weighted by Gasteiger charge is 2.26. The lowest BCUT2D eigenvalue weighted by Crippen LogP contribution is -2.40. The summed E-state index contributed by atoms with van der Waals surface area (Å²) >= 11 is 0. The number of nitrogens with zero attached hydrogens (tertiary/aromatic N) is 1. The van der Waals surface area contributed by atoms with Crippen LogP contribution in [-0.4, -0.2) is 44.8 Å². The summed E-state index contributed by atoms with van der Waals surface area (Å²) in [6.07, 6.45) is 3.18. The van der Waals surface area contributed by atoms with Crippen LogP contribution in [-0.2, 0) is 21.4 Å². The van der Waals surface area contributed by atoms with E-state index in [-0.39, 0.29) is 10.7 Å². The van der Waals surface area contributed by atoms with Crippen LogP contribution in [0.4, 0.5) is 0 Å². The van der Waals surface area contributed by atoms with Gasteiger partial charge in [0.2, 0.25) is 10.0 Å². The summed E-state index contributed by atoms with van der Waals surface area (Å²) in [5, 5.41) is 0. The van der Waals surface area contributed by atoms with E-state index < -0.39 is 10.0 Å². The van der Waals surface area contributed by atoms with Gasteiger partial charge in [-0.3, -0.25) is 4.79 Å². The Labute approximate surface area is 194 Å². The molecule has 3 aromatic rings. The molecule has 4 rings (SSSR count). The van der Waals surface area contributed by atoms with E-state index in [0.717, 1.165) is 11.1 Å². The molecular weight excluding hydrogens is 438 g/mol. The normalized spacial score (nSPS) is 14.9. The van der Waals surface area contributed by atoms with Crippen LogP contribution >= 0.6 is 0 Å². The fourth-order valence-corrected chi connectivity index (χ4v) is 4.88. The molecule has 33 heavy (non-hydrogen) atoms. The molecule has 0 N–H and O–H groups in total. The second-order valence-corrected chi connectivity index (χ2v) is 9.49. The number of carbonyl (C=O) groups is 1. The second kappa shape index (κ2) is 10.6. The first-order valence-electron chi connectivity index (χ1n) is 10.7. The lowest BCUT2D eigenvalue weighted by molar-refractivity contribution is 0.0730. The third kappa shape index (κ3) is 5.76. The van der Waals surface area contributed by atoms with Crippen LogP contribution in [0.1, 0.15) is 21.5 Å². The van der Waals surface area contributed by atoms with Crippen molar-refractivity contribution in [3.05, 3.63) is 102 Å². The lowest BCUT2D eigenvalue weighted by atomic mass is 10.1. The first-order chi connectivity index (χ1) is 16.0. The highest BCUT2D eigenvalue weighted by molar-refractivity contribution is 7.89. The van der Waals surface area contributed by atoms with Crippen molar-refractivity contribution in [1.29, 1.82) is 0 Å². The highest BCUT2D eigenvalue weighted by Crippen LogP contribution is 2.22. The van der Waals surface area contributed by atoms with Gasteiger partial charge in [0.05, 0.1) is 18.1 Å². The zero-order chi connectivity index (χ0) is 23.1. The van der Waals surface area contributed by atoms with E-state index in [2.05, 4.69) is 0 Å². The number of para-hydroxylation sites is 1. The summed E-state index contributed by atoms with van der Waals surface area (Å²) in [4.78, 5) is 12.8. The third-order valence-corrected chi connectivity index (χ3v) is 7.23. The Morgan fingerprint density at radius 2 is 1.58 bits per heavy atom. The van der Waals surface area contributed by atoms with Crippen molar-refractivity contribution in [3.63, 3.8) is 0 Å². The number of ketones is 1. The van der Waals surface area contributed by atoms with Gasteiger partial charge >= 0.3 is 0 Å². The van der Waals surface area contributed by atoms with Crippen molar-refractivity contribution >= 4 is 21.9 Å². The zero-order valence-electron chi connectivity index (χ0n) is 18.1. The van der Waals surface area contributed by atoms with E-state index in [1.165, 1.54) is 34.6 Å². The summed E-state index contributed by atoms with van der Waals surface area (Å²) in [6.45, 7) is 1.86. The lowest BCUT2D eigenvalue weighted by Gasteiger charge is -2.26. The number of rotatable bonds is 8. The molecule has 1 aliphatic rings. The molecule has 0 radical (unpaired) electrons. The van der Waals surface area contributed by atoms with Crippen molar-refractivity contribution < 1.29 is 22.7 Å². The number of hydrogen-bond acceptors (Lipinski definition) is 5. The topological polar surface area (TPSA) is 72.9 Å². The van der Waals surface area contributed by atoms with E-state index in [4.69, 9.17) is 9.47 Å². The van der Waals surface area contributed by atoms with Crippen LogP contribution in [0.2, 0.25) is 0 Å². The Hall–Kier alpha value is -3.26. The molecule has 1 fully saturated rings. The van der Waals surface area contributed by atoms with Gasteiger partial charge in [-0.05, 0) is 48.0 Å². The molecule has 0 amide bonds. The fraction of sp³-hybridized carbons (Fsp3) is 0.192. The quantitative estimate of drug-likeness (QED) is 0.370. The number of morpholine rings is 1. The number of allylic oxidation sites excluding steroid dienone is 1. The van der Waals surface area contributed by atoms with Crippen LogP contribution in [0.15, 0.2) is 89.8 Å². The zero-order valence-corrected chi connectivity index (χ0v) is 18.9. The van der Waals surface area contributed by atoms with Crippen LogP contribution in [0.3, 0.4) is 0 Å². The molecule has 0 saturated carbocycles. The second-order valence-electron chi connectivity index (χ2n) is 7.55. The molecule has 0 bridgehead atoms. The summed E-state index contributed by atoms with van der Waals surface area (Å²) in [5.41, 5.74) is 2.25. The van der Waals surface area contributed by atoms with Crippen molar-refractivity contribution in [2.24, 2.45) is 0 Å². The average Bonchev–Trinajstić information content (AvgIpc) is 2.87. The third-order valence-electron chi connectivity index (χ3n) is 5.32. The fourth-order valence-electron chi connectivity index (χ4n) is 3.47. The molecule has 1 heterocycles. The maximum Gasteiger partial charge on any atom is 0.243 e. The van der Waals surface area contributed by atoms with E-state index in [0.29, 0.717) is 44.2 Å². The van der Waals surface area contributed by atoms with Gasteiger partial charge in [-0.25, -0.2) is 8.42 Å². The Morgan fingerprint density at radius 3 is 2.30 bits per heavy atom. The van der Waals surface area contributed by atoms with Crippen molar-refractivity contribution in [1.82, 2.24) is 4.31 Å². The van der Waals surface area contributed by atoms with Crippen LogP contribution in [0.5, 0.6) is 5.75 Å². The molecule has 3 aromatic carbocycles. The average molecular weight is 464 g/mol. The predicted octanol–water partition coefficient (Wildman–Crippen LogP) is 4.18. The minimum atomic E-state index is -3.59. The molecule has 1 aliphatic heterocycles. The Kier molecular flexibility index (Phi) is 7.34. The first kappa shape index (κ1) is 22.9. The molecule has 0 unspecified atom stereocenters. The first-order valence-corrected chi connectivity index (χ1v) is 12.1. The minimum absolute atomic E-state index is 0.171. The van der Waals surface area contributed by atoms with Crippen LogP contribution in [0, 0.1) is 0 Å². The van der Waals surface area contributed by atoms with Gasteiger partial charge in [-0.15, -0.1) is 0 Å². The smallest absolute Gasteiger partial charge is 0.243 e. The van der Waals surface area contributed by atoms with E-state index in [1.807, 2.05) is 54.6 Å². The van der Waals surface area contributed by atoms with E-state index >= 15 is 0 Å². The Balaban J connectivity index is 1.44. The molecule has 170 valence electrons. The van der Waals surface area contributed by atoms with Crippen LogP contribution < -0.4 is 4.74 Å². The largest absolute Gasteiger partial charge is 0.488 e. The Bertz CT molecular complexity index is 1220. The SMILES string of the molecule is O=C(/C=C/c1ccccc1OCc1ccccc1)c1ccc(S(=O)(=O)N2CCOCC2)cc1. The minimum Gasteiger partial charge on any atom is -0.488 e. The number of hydrogen-bond donors (Lipinski definition) is 0. The van der Waals surface area contributed by atoms with Gasteiger partial charge in [0.1, 0.15) is 12.4 Å². The number of sulfonamides is 1. The van der Waals surface area contributed by atoms with Gasteiger partial charge in [-0.1, -0.05) is 48.5 Å². The summed E-state index contributed by atoms with van der Waals surface area (Å²) in [7, 11) is -3.59. The van der Waals surface area contributed by atoms with Crippen LogP contribution in [0.25, 0.3) is 6.08 Å². The van der Waals surface area contributed by atoms with E-state index in [9.17, 15) is 13.2 Å². The monoisotopic (exact) mass is 463 g/mol. The van der Waals surface area contributed by atoms with Crippen molar-refractivity contribution in [2.75, 3.05) is 26.3 Å². The van der Waals surface area contributed by atoms with E-state index in [1.54, 1.807) is 6.08 Å². The molecule has 1 saturated heterocycles. The molecule has 6 nitrogen and oxygen atoms in total. The summed E-state index contributed by atoms with van der Waals surface area (Å²) in [5.74, 6) is 0.459. The molecule has 0 atom stereocenters. The van der Waals surface area contributed by atoms with Crippen molar-refractivity contribution in [3.8, 4) is 5.75 Å². The molecular formula is C26H25NO5S.